The van der Waals surface area contributed by atoms with E-state index in [0.29, 0.717) is 21.3 Å². The van der Waals surface area contributed by atoms with Crippen molar-refractivity contribution in [2.75, 3.05) is 11.9 Å². The molecular weight excluding hydrogens is 569 g/mol. The number of fused-ring (bicyclic) bond motifs is 1. The number of pyridine rings is 1. The number of ketones is 1. The molecule has 0 spiro atoms. The summed E-state index contributed by atoms with van der Waals surface area (Å²) in [5.41, 5.74) is 2.51. The summed E-state index contributed by atoms with van der Waals surface area (Å²) >= 11 is 3.25. The van der Waals surface area contributed by atoms with Gasteiger partial charge in [0.25, 0.3) is 5.82 Å². The SMILES string of the molecule is CC(=O)c1nn(CC(=O)N2C[C@H](F)C[C@H]2C(=O)Nc2cccc(Br)n2)c2ccc(-c3cnc(C)[n+](C)c3)cc12. The molecule has 4 heterocycles. The van der Waals surface area contributed by atoms with Crippen LogP contribution < -0.4 is 9.88 Å². The van der Waals surface area contributed by atoms with Crippen LogP contribution in [0.3, 0.4) is 0 Å². The van der Waals surface area contributed by atoms with Crippen LogP contribution in [0.5, 0.6) is 0 Å². The molecule has 0 aliphatic carbocycles. The minimum absolute atomic E-state index is 0.116. The maximum Gasteiger partial charge on any atom is 0.294 e. The zero-order chi connectivity index (χ0) is 27.8. The number of carbonyl (C=O) groups excluding carboxylic acids is 3. The molecule has 1 saturated heterocycles. The Labute approximate surface area is 232 Å². The second kappa shape index (κ2) is 10.6. The number of aromatic nitrogens is 5. The molecule has 12 heteroatoms. The van der Waals surface area contributed by atoms with E-state index in [4.69, 9.17) is 0 Å². The topological polar surface area (TPSA) is 114 Å². The number of aryl methyl sites for hydroxylation is 2. The standard InChI is InChI=1S/C27H25BrFN7O3/c1-15(37)26-20-9-17(18-11-30-16(2)34(3)12-18)7-8-21(20)36(33-26)14-25(38)35-13-19(29)10-22(35)27(39)32-24-6-4-5-23(28)31-24/h4-9,11-12,19,22H,10,13-14H2,1-3H3/p+1/t19-,22+/m1/s1. The molecule has 200 valence electrons. The van der Waals surface area contributed by atoms with Crippen LogP contribution in [0, 0.1) is 6.92 Å². The number of anilines is 1. The van der Waals surface area contributed by atoms with Gasteiger partial charge in [0.05, 0.1) is 24.7 Å². The fourth-order valence-corrected chi connectivity index (χ4v) is 5.04. The van der Waals surface area contributed by atoms with Crippen molar-refractivity contribution in [1.82, 2.24) is 24.6 Å². The van der Waals surface area contributed by atoms with Crippen LogP contribution in [0.4, 0.5) is 10.2 Å². The third kappa shape index (κ3) is 5.42. The number of likely N-dealkylation sites (tertiary alicyclic amines) is 1. The van der Waals surface area contributed by atoms with E-state index < -0.39 is 24.0 Å². The first-order chi connectivity index (χ1) is 18.6. The first kappa shape index (κ1) is 26.5. The lowest BCUT2D eigenvalue weighted by molar-refractivity contribution is -0.680. The molecule has 1 aliphatic rings. The van der Waals surface area contributed by atoms with Crippen LogP contribution in [0.2, 0.25) is 0 Å². The molecule has 2 amide bonds. The van der Waals surface area contributed by atoms with Crippen LogP contribution in [0.15, 0.2) is 53.4 Å². The molecule has 4 aromatic rings. The van der Waals surface area contributed by atoms with Gasteiger partial charge in [-0.25, -0.2) is 13.9 Å². The number of hydrogen-bond acceptors (Lipinski definition) is 6. The Bertz CT molecular complexity index is 1620. The van der Waals surface area contributed by atoms with Gasteiger partial charge < -0.3 is 10.2 Å². The molecule has 0 saturated carbocycles. The minimum Gasteiger partial charge on any atom is -0.326 e. The molecule has 2 atom stereocenters. The quantitative estimate of drug-likeness (QED) is 0.208. The minimum atomic E-state index is -1.34. The highest BCUT2D eigenvalue weighted by Crippen LogP contribution is 2.28. The number of halogens is 2. The van der Waals surface area contributed by atoms with Gasteiger partial charge >= 0.3 is 0 Å². The number of hydrogen-bond donors (Lipinski definition) is 1. The van der Waals surface area contributed by atoms with E-state index in [0.717, 1.165) is 17.0 Å². The van der Waals surface area contributed by atoms with Crippen LogP contribution >= 0.6 is 15.9 Å². The maximum atomic E-state index is 14.4. The van der Waals surface area contributed by atoms with Crippen molar-refractivity contribution in [3.05, 3.63) is 64.9 Å². The lowest BCUT2D eigenvalue weighted by Crippen LogP contribution is -2.44. The molecule has 1 aromatic carbocycles. The number of nitrogens with zero attached hydrogens (tertiary/aromatic N) is 6. The smallest absolute Gasteiger partial charge is 0.294 e. The molecule has 0 radical (unpaired) electrons. The van der Waals surface area contributed by atoms with Crippen molar-refractivity contribution in [1.29, 1.82) is 0 Å². The van der Waals surface area contributed by atoms with Crippen LogP contribution in [-0.4, -0.2) is 61.0 Å². The normalized spacial score (nSPS) is 17.0. The first-order valence-electron chi connectivity index (χ1n) is 12.3. The molecule has 1 aliphatic heterocycles. The van der Waals surface area contributed by atoms with E-state index in [1.54, 1.807) is 30.5 Å². The van der Waals surface area contributed by atoms with Crippen LogP contribution in [0.1, 0.15) is 29.7 Å². The summed E-state index contributed by atoms with van der Waals surface area (Å²) in [6, 6.07) is 9.54. The number of carbonyl (C=O) groups is 3. The fraction of sp³-hybridized carbons (Fsp3) is 0.296. The van der Waals surface area contributed by atoms with Crippen LogP contribution in [-0.2, 0) is 23.2 Å². The summed E-state index contributed by atoms with van der Waals surface area (Å²) in [5, 5.41) is 7.67. The summed E-state index contributed by atoms with van der Waals surface area (Å²) in [6.07, 6.45) is 2.25. The Kier molecular flexibility index (Phi) is 7.21. The van der Waals surface area contributed by atoms with Crippen LogP contribution in [0.25, 0.3) is 22.0 Å². The van der Waals surface area contributed by atoms with Gasteiger partial charge in [-0.2, -0.15) is 5.10 Å². The van der Waals surface area contributed by atoms with E-state index in [1.165, 1.54) is 16.5 Å². The monoisotopic (exact) mass is 594 g/mol. The number of rotatable bonds is 6. The zero-order valence-corrected chi connectivity index (χ0v) is 23.1. The van der Waals surface area contributed by atoms with E-state index in [9.17, 15) is 18.8 Å². The van der Waals surface area contributed by atoms with Gasteiger partial charge in [0.2, 0.25) is 11.8 Å². The van der Waals surface area contributed by atoms with Crippen molar-refractivity contribution in [3.63, 3.8) is 0 Å². The largest absolute Gasteiger partial charge is 0.326 e. The predicted octanol–water partition coefficient (Wildman–Crippen LogP) is 3.17. The van der Waals surface area contributed by atoms with Gasteiger partial charge in [0.1, 0.15) is 41.1 Å². The molecule has 0 bridgehead atoms. The predicted molar refractivity (Wildman–Crippen MR) is 144 cm³/mol. The molecule has 39 heavy (non-hydrogen) atoms. The number of Topliss-reactive ketones (excluding diaryl/α,β-unsaturated/α-hetero) is 1. The Morgan fingerprint density at radius 3 is 2.72 bits per heavy atom. The second-order valence-electron chi connectivity index (χ2n) is 9.52. The lowest BCUT2D eigenvalue weighted by atomic mass is 10.0. The van der Waals surface area contributed by atoms with Gasteiger partial charge in [0.15, 0.2) is 12.0 Å². The number of alkyl halides is 1. The van der Waals surface area contributed by atoms with Gasteiger partial charge in [0, 0.05) is 25.7 Å². The van der Waals surface area contributed by atoms with E-state index in [1.807, 2.05) is 36.9 Å². The van der Waals surface area contributed by atoms with Crippen molar-refractivity contribution >= 4 is 50.2 Å². The van der Waals surface area contributed by atoms with Gasteiger partial charge in [-0.1, -0.05) is 17.1 Å². The zero-order valence-electron chi connectivity index (χ0n) is 21.6. The highest BCUT2D eigenvalue weighted by molar-refractivity contribution is 9.10. The highest BCUT2D eigenvalue weighted by Gasteiger charge is 2.40. The maximum absolute atomic E-state index is 14.4. The van der Waals surface area contributed by atoms with Crippen molar-refractivity contribution in [2.45, 2.75) is 39.0 Å². The van der Waals surface area contributed by atoms with E-state index in [-0.39, 0.29) is 31.0 Å². The van der Waals surface area contributed by atoms with Gasteiger partial charge in [-0.05, 0) is 45.8 Å². The summed E-state index contributed by atoms with van der Waals surface area (Å²) in [5.74, 6) is -0.0989. The van der Waals surface area contributed by atoms with Gasteiger partial charge in [-0.15, -0.1) is 0 Å². The Balaban J connectivity index is 1.42. The number of amides is 2. The molecule has 10 nitrogen and oxygen atoms in total. The number of benzene rings is 1. The average Bonchev–Trinajstić information content (AvgIpc) is 3.46. The van der Waals surface area contributed by atoms with Crippen molar-refractivity contribution in [2.24, 2.45) is 7.05 Å². The Morgan fingerprint density at radius 1 is 1.21 bits per heavy atom. The molecule has 1 fully saturated rings. The summed E-state index contributed by atoms with van der Waals surface area (Å²) in [4.78, 5) is 48.6. The Morgan fingerprint density at radius 2 is 2.00 bits per heavy atom. The summed E-state index contributed by atoms with van der Waals surface area (Å²) in [6.45, 7) is 2.86. The summed E-state index contributed by atoms with van der Waals surface area (Å²) < 4.78 is 18.3. The molecule has 3 aromatic heterocycles. The fourth-order valence-electron chi connectivity index (χ4n) is 4.69. The highest BCUT2D eigenvalue weighted by atomic mass is 79.9. The van der Waals surface area contributed by atoms with E-state index >= 15 is 0 Å². The molecule has 0 unspecified atom stereocenters. The third-order valence-electron chi connectivity index (χ3n) is 6.78. The van der Waals surface area contributed by atoms with Crippen molar-refractivity contribution in [3.8, 4) is 11.1 Å². The Hall–Kier alpha value is -4.06. The van der Waals surface area contributed by atoms with E-state index in [2.05, 4.69) is 36.3 Å². The molecular formula is C27H26BrFN7O3+. The van der Waals surface area contributed by atoms with Gasteiger partial charge in [-0.3, -0.25) is 19.1 Å². The molecule has 1 N–H and O–H groups in total. The van der Waals surface area contributed by atoms with Crippen molar-refractivity contribution < 1.29 is 23.3 Å². The first-order valence-corrected chi connectivity index (χ1v) is 13.1. The summed E-state index contributed by atoms with van der Waals surface area (Å²) in [7, 11) is 1.90. The molecule has 5 rings (SSSR count). The second-order valence-corrected chi connectivity index (χ2v) is 10.3. The average molecular weight is 595 g/mol. The third-order valence-corrected chi connectivity index (χ3v) is 7.22. The lowest BCUT2D eigenvalue weighted by Gasteiger charge is -2.23. The number of nitrogens with one attached hydrogen (secondary N) is 1.